The van der Waals surface area contributed by atoms with Crippen LogP contribution < -0.4 is 0 Å². The van der Waals surface area contributed by atoms with E-state index in [1.54, 1.807) is 0 Å². The number of rotatable bonds is 1. The van der Waals surface area contributed by atoms with Gasteiger partial charge >= 0.3 is 0 Å². The molecule has 0 saturated carbocycles. The third-order valence-corrected chi connectivity index (χ3v) is 2.66. The molecule has 0 radical (unpaired) electrons. The summed E-state index contributed by atoms with van der Waals surface area (Å²) in [5.41, 5.74) is 6.12. The Hall–Kier alpha value is -1.57. The molecule has 0 aliphatic rings. The van der Waals surface area contributed by atoms with E-state index >= 15 is 0 Å². The van der Waals surface area contributed by atoms with E-state index in [0.29, 0.717) is 0 Å². The van der Waals surface area contributed by atoms with E-state index < -0.39 is 0 Å². The van der Waals surface area contributed by atoms with E-state index in [-0.39, 0.29) is 0 Å². The lowest BCUT2D eigenvalue weighted by Crippen LogP contribution is -1.95. The van der Waals surface area contributed by atoms with Crippen molar-refractivity contribution in [3.05, 3.63) is 41.1 Å². The van der Waals surface area contributed by atoms with Gasteiger partial charge < -0.3 is 0 Å². The Balaban J connectivity index is 2.59. The number of benzene rings is 1. The minimum absolute atomic E-state index is 1.06. The van der Waals surface area contributed by atoms with Gasteiger partial charge in [-0.15, -0.1) is 0 Å². The summed E-state index contributed by atoms with van der Waals surface area (Å²) >= 11 is 0. The van der Waals surface area contributed by atoms with Crippen molar-refractivity contribution >= 4 is 0 Å². The minimum Gasteiger partial charge on any atom is -0.268 e. The maximum atomic E-state index is 4.37. The molecular formula is C13H16N2. The third-order valence-electron chi connectivity index (χ3n) is 2.66. The van der Waals surface area contributed by atoms with Gasteiger partial charge in [0.25, 0.3) is 0 Å². The summed E-state index contributed by atoms with van der Waals surface area (Å²) < 4.78 is 1.94. The molecule has 2 aromatic rings. The van der Waals surface area contributed by atoms with Crippen LogP contribution in [0.1, 0.15) is 16.8 Å². The molecule has 2 heteroatoms. The first kappa shape index (κ1) is 9.97. The van der Waals surface area contributed by atoms with Gasteiger partial charge in [0.15, 0.2) is 0 Å². The van der Waals surface area contributed by atoms with Gasteiger partial charge in [-0.25, -0.2) is 0 Å². The zero-order valence-corrected chi connectivity index (χ0v) is 9.70. The van der Waals surface area contributed by atoms with Crippen molar-refractivity contribution in [3.63, 3.8) is 0 Å². The predicted molar refractivity (Wildman–Crippen MR) is 62.9 cm³/mol. The summed E-state index contributed by atoms with van der Waals surface area (Å²) in [5.74, 6) is 0. The summed E-state index contributed by atoms with van der Waals surface area (Å²) in [6.45, 7) is 6.28. The van der Waals surface area contributed by atoms with Crippen LogP contribution in [0.2, 0.25) is 0 Å². The fraction of sp³-hybridized carbons (Fsp3) is 0.308. The largest absolute Gasteiger partial charge is 0.268 e. The second-order valence-corrected chi connectivity index (χ2v) is 4.11. The number of aromatic nitrogens is 2. The van der Waals surface area contributed by atoms with Crippen LogP contribution in [-0.4, -0.2) is 9.78 Å². The maximum Gasteiger partial charge on any atom is 0.0684 e. The smallest absolute Gasteiger partial charge is 0.0684 e. The molecule has 0 amide bonds. The number of nitrogens with zero attached hydrogens (tertiary/aromatic N) is 2. The Labute approximate surface area is 90.6 Å². The lowest BCUT2D eigenvalue weighted by atomic mass is 10.0. The van der Waals surface area contributed by atoms with E-state index in [0.717, 1.165) is 5.69 Å². The molecule has 15 heavy (non-hydrogen) atoms. The zero-order chi connectivity index (χ0) is 11.0. The zero-order valence-electron chi connectivity index (χ0n) is 9.70. The molecule has 1 aromatic heterocycles. The van der Waals surface area contributed by atoms with Crippen LogP contribution in [0.15, 0.2) is 24.3 Å². The van der Waals surface area contributed by atoms with Gasteiger partial charge in [0, 0.05) is 12.6 Å². The molecule has 0 atom stereocenters. The second-order valence-electron chi connectivity index (χ2n) is 4.11. The van der Waals surface area contributed by atoms with Gasteiger partial charge in [-0.1, -0.05) is 23.8 Å². The lowest BCUT2D eigenvalue weighted by molar-refractivity contribution is 0.763. The van der Waals surface area contributed by atoms with Crippen molar-refractivity contribution in [2.75, 3.05) is 0 Å². The third kappa shape index (κ3) is 1.80. The van der Waals surface area contributed by atoms with Crippen molar-refractivity contribution in [1.82, 2.24) is 9.78 Å². The highest BCUT2D eigenvalue weighted by molar-refractivity contribution is 5.64. The molecule has 0 bridgehead atoms. The molecule has 1 heterocycles. The summed E-state index contributed by atoms with van der Waals surface area (Å²) in [6.07, 6.45) is 0. The van der Waals surface area contributed by atoms with E-state index in [2.05, 4.69) is 43.2 Å². The molecule has 0 unspecified atom stereocenters. The average molecular weight is 200 g/mol. The molecule has 78 valence electrons. The van der Waals surface area contributed by atoms with Crippen molar-refractivity contribution in [2.24, 2.45) is 7.05 Å². The topological polar surface area (TPSA) is 17.8 Å². The highest BCUT2D eigenvalue weighted by Gasteiger charge is 2.07. The summed E-state index contributed by atoms with van der Waals surface area (Å²) in [5, 5.41) is 4.37. The Bertz CT molecular complexity index is 495. The van der Waals surface area contributed by atoms with Crippen molar-refractivity contribution < 1.29 is 0 Å². The van der Waals surface area contributed by atoms with Gasteiger partial charge in [0.2, 0.25) is 0 Å². The molecule has 0 spiro atoms. The standard InChI is InChI=1S/C13H16N2/c1-9-5-6-12(10(2)7-9)13-8-11(3)14-15(13)4/h5-8H,1-4H3. The van der Waals surface area contributed by atoms with Crippen LogP contribution in [0, 0.1) is 20.8 Å². The molecule has 2 rings (SSSR count). The summed E-state index contributed by atoms with van der Waals surface area (Å²) in [6, 6.07) is 8.64. The van der Waals surface area contributed by atoms with Crippen molar-refractivity contribution in [1.29, 1.82) is 0 Å². The first-order chi connectivity index (χ1) is 7.08. The first-order valence-corrected chi connectivity index (χ1v) is 5.16. The summed E-state index contributed by atoms with van der Waals surface area (Å²) in [4.78, 5) is 0. The van der Waals surface area contributed by atoms with E-state index in [1.165, 1.54) is 22.4 Å². The van der Waals surface area contributed by atoms with Gasteiger partial charge in [0.1, 0.15) is 0 Å². The molecular weight excluding hydrogens is 184 g/mol. The van der Waals surface area contributed by atoms with Crippen molar-refractivity contribution in [2.45, 2.75) is 20.8 Å². The van der Waals surface area contributed by atoms with E-state index in [1.807, 2.05) is 18.7 Å². The van der Waals surface area contributed by atoms with Gasteiger partial charge in [-0.2, -0.15) is 5.10 Å². The molecule has 0 N–H and O–H groups in total. The first-order valence-electron chi connectivity index (χ1n) is 5.16. The quantitative estimate of drug-likeness (QED) is 0.692. The normalized spacial score (nSPS) is 10.7. The highest BCUT2D eigenvalue weighted by atomic mass is 15.3. The van der Waals surface area contributed by atoms with Crippen LogP contribution in [0.4, 0.5) is 0 Å². The van der Waals surface area contributed by atoms with Crippen LogP contribution in [-0.2, 0) is 7.05 Å². The van der Waals surface area contributed by atoms with E-state index in [4.69, 9.17) is 0 Å². The Morgan fingerprint density at radius 2 is 1.80 bits per heavy atom. The number of aryl methyl sites for hydroxylation is 4. The van der Waals surface area contributed by atoms with Crippen LogP contribution in [0.25, 0.3) is 11.3 Å². The number of hydrogen-bond acceptors (Lipinski definition) is 1. The Morgan fingerprint density at radius 1 is 1.07 bits per heavy atom. The second kappa shape index (κ2) is 3.54. The molecule has 0 aliphatic carbocycles. The van der Waals surface area contributed by atoms with E-state index in [9.17, 15) is 0 Å². The monoisotopic (exact) mass is 200 g/mol. The van der Waals surface area contributed by atoms with Crippen LogP contribution >= 0.6 is 0 Å². The maximum absolute atomic E-state index is 4.37. The fourth-order valence-corrected chi connectivity index (χ4v) is 1.96. The Morgan fingerprint density at radius 3 is 2.33 bits per heavy atom. The molecule has 1 aromatic carbocycles. The lowest BCUT2D eigenvalue weighted by Gasteiger charge is -2.06. The molecule has 0 fully saturated rings. The molecule has 2 nitrogen and oxygen atoms in total. The minimum atomic E-state index is 1.06. The highest BCUT2D eigenvalue weighted by Crippen LogP contribution is 2.24. The molecule has 0 aliphatic heterocycles. The average Bonchev–Trinajstić information content (AvgIpc) is 2.45. The Kier molecular flexibility index (Phi) is 2.35. The predicted octanol–water partition coefficient (Wildman–Crippen LogP) is 3.01. The fourth-order valence-electron chi connectivity index (χ4n) is 1.96. The van der Waals surface area contributed by atoms with Crippen molar-refractivity contribution in [3.8, 4) is 11.3 Å². The van der Waals surface area contributed by atoms with Gasteiger partial charge in [-0.3, -0.25) is 4.68 Å². The SMILES string of the molecule is Cc1ccc(-c2cc(C)nn2C)c(C)c1. The van der Waals surface area contributed by atoms with Crippen LogP contribution in [0.3, 0.4) is 0 Å². The van der Waals surface area contributed by atoms with Gasteiger partial charge in [-0.05, 0) is 32.4 Å². The van der Waals surface area contributed by atoms with Crippen LogP contribution in [0.5, 0.6) is 0 Å². The van der Waals surface area contributed by atoms with Gasteiger partial charge in [0.05, 0.1) is 11.4 Å². The summed E-state index contributed by atoms with van der Waals surface area (Å²) in [7, 11) is 1.99. The number of hydrogen-bond donors (Lipinski definition) is 0. The molecule has 0 saturated heterocycles.